The van der Waals surface area contributed by atoms with Crippen molar-refractivity contribution in [2.75, 3.05) is 32.7 Å². The first kappa shape index (κ1) is 20.1. The molecule has 3 rings (SSSR count). The summed E-state index contributed by atoms with van der Waals surface area (Å²) < 4.78 is 26.9. The van der Waals surface area contributed by atoms with Gasteiger partial charge in [-0.3, -0.25) is 14.7 Å². The van der Waals surface area contributed by atoms with Gasteiger partial charge in [-0.05, 0) is 36.8 Å². The summed E-state index contributed by atoms with van der Waals surface area (Å²) in [5.74, 6) is -0.236. The number of piperazine rings is 1. The number of sulfonamides is 1. The Bertz CT molecular complexity index is 922. The van der Waals surface area contributed by atoms with E-state index < -0.39 is 10.0 Å². The molecule has 0 unspecified atom stereocenters. The smallest absolute Gasteiger partial charge is 0.254 e. The van der Waals surface area contributed by atoms with Crippen LogP contribution in [-0.2, 0) is 14.8 Å². The number of aryl methyl sites for hydroxylation is 1. The van der Waals surface area contributed by atoms with E-state index in [1.54, 1.807) is 55.0 Å². The average molecular weight is 401 g/mol. The molecule has 1 amide bonds. The molecule has 0 radical (unpaired) electrons. The Hall–Kier alpha value is -2.62. The highest BCUT2D eigenvalue weighted by atomic mass is 32.2. The molecule has 0 atom stereocenters. The van der Waals surface area contributed by atoms with Gasteiger partial charge in [-0.15, -0.1) is 0 Å². The highest BCUT2D eigenvalue weighted by Crippen LogP contribution is 2.18. The molecule has 1 fully saturated rings. The summed E-state index contributed by atoms with van der Waals surface area (Å²) in [6.45, 7) is 3.78. The largest absolute Gasteiger partial charge is 0.292 e. The molecule has 0 spiro atoms. The lowest BCUT2D eigenvalue weighted by Gasteiger charge is -2.33. The summed E-state index contributed by atoms with van der Waals surface area (Å²) in [7, 11) is -3.50. The Kier molecular flexibility index (Phi) is 6.50. The van der Waals surface area contributed by atoms with Crippen molar-refractivity contribution in [2.24, 2.45) is 5.10 Å². The third-order valence-corrected chi connectivity index (χ3v) is 6.38. The van der Waals surface area contributed by atoms with Gasteiger partial charge in [0, 0.05) is 38.6 Å². The van der Waals surface area contributed by atoms with E-state index in [9.17, 15) is 13.2 Å². The lowest BCUT2D eigenvalue weighted by Crippen LogP contribution is -2.50. The molecule has 8 nitrogen and oxygen atoms in total. The molecular formula is C19H23N5O3S. The molecule has 1 aliphatic rings. The molecule has 1 saturated heterocycles. The molecule has 2 aromatic rings. The average Bonchev–Trinajstić information content (AvgIpc) is 2.69. The minimum absolute atomic E-state index is 0.173. The highest BCUT2D eigenvalue weighted by molar-refractivity contribution is 7.89. The van der Waals surface area contributed by atoms with E-state index >= 15 is 0 Å². The number of benzene rings is 1. The molecule has 1 aromatic heterocycles. The van der Waals surface area contributed by atoms with Crippen LogP contribution < -0.4 is 5.43 Å². The van der Waals surface area contributed by atoms with Gasteiger partial charge >= 0.3 is 0 Å². The molecule has 148 valence electrons. The summed E-state index contributed by atoms with van der Waals surface area (Å²) in [6.07, 6.45) is 4.84. The Labute approximate surface area is 164 Å². The number of pyridine rings is 1. The SMILES string of the molecule is Cc1ccc(S(=O)(=O)N2CCN(CC(=O)N/N=C\c3ccncc3)CC2)cc1. The fourth-order valence-electron chi connectivity index (χ4n) is 2.85. The Morgan fingerprint density at radius 1 is 1.11 bits per heavy atom. The predicted octanol–water partition coefficient (Wildman–Crippen LogP) is 0.847. The highest BCUT2D eigenvalue weighted by Gasteiger charge is 2.28. The number of carbonyl (C=O) groups is 1. The molecular weight excluding hydrogens is 378 g/mol. The number of nitrogens with zero attached hydrogens (tertiary/aromatic N) is 4. The van der Waals surface area contributed by atoms with Crippen LogP contribution in [0.4, 0.5) is 0 Å². The van der Waals surface area contributed by atoms with Gasteiger partial charge in [0.25, 0.3) is 5.91 Å². The minimum Gasteiger partial charge on any atom is -0.292 e. The summed E-state index contributed by atoms with van der Waals surface area (Å²) in [5.41, 5.74) is 4.34. The summed E-state index contributed by atoms with van der Waals surface area (Å²) >= 11 is 0. The molecule has 2 heterocycles. The summed E-state index contributed by atoms with van der Waals surface area (Å²) in [4.78, 5) is 18.1. The van der Waals surface area contributed by atoms with Gasteiger partial charge in [0.1, 0.15) is 0 Å². The van der Waals surface area contributed by atoms with Crippen molar-refractivity contribution in [1.29, 1.82) is 0 Å². The number of amides is 1. The van der Waals surface area contributed by atoms with Crippen molar-refractivity contribution in [3.05, 3.63) is 59.9 Å². The van der Waals surface area contributed by atoms with Crippen molar-refractivity contribution in [3.63, 3.8) is 0 Å². The van der Waals surface area contributed by atoms with E-state index in [-0.39, 0.29) is 12.5 Å². The van der Waals surface area contributed by atoms with Crippen molar-refractivity contribution >= 4 is 22.1 Å². The van der Waals surface area contributed by atoms with E-state index in [2.05, 4.69) is 15.5 Å². The first-order chi connectivity index (χ1) is 13.4. The number of nitrogens with one attached hydrogen (secondary N) is 1. The zero-order chi connectivity index (χ0) is 20.0. The van der Waals surface area contributed by atoms with Crippen LogP contribution in [-0.4, -0.2) is 67.5 Å². The monoisotopic (exact) mass is 401 g/mol. The second-order valence-corrected chi connectivity index (χ2v) is 8.50. The molecule has 1 aliphatic heterocycles. The summed E-state index contributed by atoms with van der Waals surface area (Å²) in [6, 6.07) is 10.4. The van der Waals surface area contributed by atoms with Crippen LogP contribution in [0.15, 0.2) is 58.8 Å². The van der Waals surface area contributed by atoms with E-state index in [1.807, 2.05) is 11.8 Å². The van der Waals surface area contributed by atoms with Crippen LogP contribution in [0.5, 0.6) is 0 Å². The third-order valence-electron chi connectivity index (χ3n) is 4.47. The van der Waals surface area contributed by atoms with Gasteiger partial charge in [0.05, 0.1) is 17.7 Å². The maximum absolute atomic E-state index is 12.7. The number of hydrogen-bond acceptors (Lipinski definition) is 6. The number of hydrogen-bond donors (Lipinski definition) is 1. The quantitative estimate of drug-likeness (QED) is 0.572. The fourth-order valence-corrected chi connectivity index (χ4v) is 4.28. The second-order valence-electron chi connectivity index (χ2n) is 6.57. The van der Waals surface area contributed by atoms with Crippen LogP contribution in [0, 0.1) is 6.92 Å². The number of hydrazone groups is 1. The Balaban J connectivity index is 1.48. The molecule has 0 bridgehead atoms. The lowest BCUT2D eigenvalue weighted by atomic mass is 10.2. The van der Waals surface area contributed by atoms with Crippen LogP contribution in [0.25, 0.3) is 0 Å². The molecule has 0 aliphatic carbocycles. The topological polar surface area (TPSA) is 95.0 Å². The minimum atomic E-state index is -3.50. The maximum atomic E-state index is 12.7. The van der Waals surface area contributed by atoms with Gasteiger partial charge in [0.15, 0.2) is 0 Å². The number of aromatic nitrogens is 1. The van der Waals surface area contributed by atoms with Gasteiger partial charge < -0.3 is 0 Å². The van der Waals surface area contributed by atoms with Crippen LogP contribution in [0.1, 0.15) is 11.1 Å². The van der Waals surface area contributed by atoms with E-state index in [4.69, 9.17) is 0 Å². The van der Waals surface area contributed by atoms with Crippen molar-refractivity contribution < 1.29 is 13.2 Å². The van der Waals surface area contributed by atoms with Crippen molar-refractivity contribution in [3.8, 4) is 0 Å². The normalized spacial score (nSPS) is 16.3. The molecule has 9 heteroatoms. The Morgan fingerprint density at radius 3 is 2.39 bits per heavy atom. The standard InChI is InChI=1S/C19H23N5O3S/c1-16-2-4-18(5-3-16)28(26,27)24-12-10-23(11-13-24)15-19(25)22-21-14-17-6-8-20-9-7-17/h2-9,14H,10-13,15H2,1H3,(H,22,25)/b21-14-. The summed E-state index contributed by atoms with van der Waals surface area (Å²) in [5, 5.41) is 3.92. The fraction of sp³-hybridized carbons (Fsp3) is 0.316. The molecule has 1 aromatic carbocycles. The van der Waals surface area contributed by atoms with E-state index in [0.29, 0.717) is 31.1 Å². The lowest BCUT2D eigenvalue weighted by molar-refractivity contribution is -0.122. The number of carbonyl (C=O) groups excluding carboxylic acids is 1. The molecule has 28 heavy (non-hydrogen) atoms. The van der Waals surface area contributed by atoms with Gasteiger partial charge in [-0.2, -0.15) is 9.41 Å². The van der Waals surface area contributed by atoms with Crippen LogP contribution in [0.2, 0.25) is 0 Å². The zero-order valence-corrected chi connectivity index (χ0v) is 16.5. The van der Waals surface area contributed by atoms with Gasteiger partial charge in [-0.1, -0.05) is 17.7 Å². The number of rotatable bonds is 6. The molecule has 0 saturated carbocycles. The second kappa shape index (κ2) is 9.05. The van der Waals surface area contributed by atoms with Crippen LogP contribution in [0.3, 0.4) is 0 Å². The van der Waals surface area contributed by atoms with Crippen molar-refractivity contribution in [2.45, 2.75) is 11.8 Å². The molecule has 1 N–H and O–H groups in total. The zero-order valence-electron chi connectivity index (χ0n) is 15.7. The van der Waals surface area contributed by atoms with E-state index in [1.165, 1.54) is 4.31 Å². The van der Waals surface area contributed by atoms with Crippen LogP contribution >= 0.6 is 0 Å². The first-order valence-electron chi connectivity index (χ1n) is 8.96. The first-order valence-corrected chi connectivity index (χ1v) is 10.4. The Morgan fingerprint density at radius 2 is 1.75 bits per heavy atom. The van der Waals surface area contributed by atoms with Gasteiger partial charge in [-0.25, -0.2) is 13.8 Å². The predicted molar refractivity (Wildman–Crippen MR) is 106 cm³/mol. The van der Waals surface area contributed by atoms with E-state index in [0.717, 1.165) is 11.1 Å². The van der Waals surface area contributed by atoms with Gasteiger partial charge in [0.2, 0.25) is 10.0 Å². The van der Waals surface area contributed by atoms with Crippen molar-refractivity contribution in [1.82, 2.24) is 19.6 Å². The maximum Gasteiger partial charge on any atom is 0.254 e. The third kappa shape index (κ3) is 5.22.